The average Bonchev–Trinajstić information content (AvgIpc) is 2.51. The highest BCUT2D eigenvalue weighted by molar-refractivity contribution is 9.09. The molecule has 48 valence electrons. The van der Waals surface area contributed by atoms with Crippen LogP contribution in [-0.4, -0.2) is 24.7 Å². The Kier molecular flexibility index (Phi) is 3.50. The van der Waals surface area contributed by atoms with Gasteiger partial charge in [0.05, 0.1) is 12.7 Å². The number of hydrogen-bond acceptors (Lipinski definition) is 4. The number of epoxide rings is 1. The van der Waals surface area contributed by atoms with Crippen LogP contribution in [0.1, 0.15) is 0 Å². The number of ether oxygens (including phenoxy) is 1. The van der Waals surface area contributed by atoms with Crippen LogP contribution in [0.4, 0.5) is 0 Å². The molecule has 0 aromatic carbocycles. The summed E-state index contributed by atoms with van der Waals surface area (Å²) in [6, 6.07) is 0. The Labute approximate surface area is 61.1 Å². The molecule has 0 amide bonds. The van der Waals surface area contributed by atoms with Crippen LogP contribution in [0.2, 0.25) is 0 Å². The maximum atomic E-state index is 5.01. The molecule has 0 spiro atoms. The first-order valence-corrected chi connectivity index (χ1v) is 6.43. The molecule has 1 aliphatic heterocycles. The SMILES string of the molecule is CSSSCC1CO1. The zero-order valence-electron chi connectivity index (χ0n) is 4.62. The lowest BCUT2D eigenvalue weighted by Gasteiger charge is -1.89. The summed E-state index contributed by atoms with van der Waals surface area (Å²) >= 11 is 0. The van der Waals surface area contributed by atoms with Gasteiger partial charge in [0, 0.05) is 5.75 Å². The van der Waals surface area contributed by atoms with Gasteiger partial charge < -0.3 is 4.74 Å². The van der Waals surface area contributed by atoms with E-state index in [2.05, 4.69) is 6.26 Å². The zero-order valence-corrected chi connectivity index (χ0v) is 7.07. The minimum atomic E-state index is 0.583. The Morgan fingerprint density at radius 1 is 1.75 bits per heavy atom. The van der Waals surface area contributed by atoms with Crippen molar-refractivity contribution in [3.8, 4) is 0 Å². The van der Waals surface area contributed by atoms with E-state index in [1.54, 1.807) is 10.8 Å². The van der Waals surface area contributed by atoms with Gasteiger partial charge in [-0.15, -0.1) is 0 Å². The third-order valence-electron chi connectivity index (χ3n) is 0.772. The molecule has 0 N–H and O–H groups in total. The summed E-state index contributed by atoms with van der Waals surface area (Å²) in [5.74, 6) is 1.16. The topological polar surface area (TPSA) is 12.5 Å². The van der Waals surface area contributed by atoms with Gasteiger partial charge in [-0.05, 0) is 16.1 Å². The van der Waals surface area contributed by atoms with Crippen molar-refractivity contribution in [2.24, 2.45) is 0 Å². The molecule has 1 rings (SSSR count). The molecule has 4 heteroatoms. The van der Waals surface area contributed by atoms with Gasteiger partial charge >= 0.3 is 0 Å². The summed E-state index contributed by atoms with van der Waals surface area (Å²) in [6.07, 6.45) is 2.67. The zero-order chi connectivity index (χ0) is 5.82. The lowest BCUT2D eigenvalue weighted by Crippen LogP contribution is -1.84. The van der Waals surface area contributed by atoms with Gasteiger partial charge in [0.1, 0.15) is 0 Å². The molecular formula is C4H8OS3. The molecule has 0 aromatic rings. The molecule has 1 unspecified atom stereocenters. The predicted molar refractivity (Wildman–Crippen MR) is 43.3 cm³/mol. The molecule has 0 aromatic heterocycles. The van der Waals surface area contributed by atoms with Gasteiger partial charge in [-0.1, -0.05) is 21.6 Å². The van der Waals surface area contributed by atoms with E-state index < -0.39 is 0 Å². The molecule has 1 atom stereocenters. The van der Waals surface area contributed by atoms with E-state index in [9.17, 15) is 0 Å². The largest absolute Gasteiger partial charge is 0.372 e. The molecular weight excluding hydrogens is 160 g/mol. The van der Waals surface area contributed by atoms with Crippen molar-refractivity contribution >= 4 is 31.4 Å². The van der Waals surface area contributed by atoms with Crippen LogP contribution < -0.4 is 0 Å². The summed E-state index contributed by atoms with van der Waals surface area (Å²) in [4.78, 5) is 0. The highest BCUT2D eigenvalue weighted by atomic mass is 33.5. The van der Waals surface area contributed by atoms with Crippen LogP contribution in [0, 0.1) is 0 Å². The van der Waals surface area contributed by atoms with E-state index in [0.717, 1.165) is 12.4 Å². The highest BCUT2D eigenvalue weighted by Gasteiger charge is 2.21. The maximum absolute atomic E-state index is 5.01. The second kappa shape index (κ2) is 3.93. The van der Waals surface area contributed by atoms with Crippen LogP contribution in [0.5, 0.6) is 0 Å². The maximum Gasteiger partial charge on any atom is 0.0908 e. The molecule has 0 radical (unpaired) electrons. The quantitative estimate of drug-likeness (QED) is 0.362. The van der Waals surface area contributed by atoms with Crippen LogP contribution >= 0.6 is 31.4 Å². The van der Waals surface area contributed by atoms with E-state index in [1.165, 1.54) is 0 Å². The lowest BCUT2D eigenvalue weighted by atomic mass is 10.6. The van der Waals surface area contributed by atoms with E-state index in [0.29, 0.717) is 6.10 Å². The Hall–Kier alpha value is 1.01. The van der Waals surface area contributed by atoms with Crippen molar-refractivity contribution in [3.63, 3.8) is 0 Å². The van der Waals surface area contributed by atoms with E-state index in [-0.39, 0.29) is 0 Å². The number of rotatable bonds is 4. The molecule has 1 fully saturated rings. The molecule has 1 nitrogen and oxygen atoms in total. The third kappa shape index (κ3) is 3.12. The lowest BCUT2D eigenvalue weighted by molar-refractivity contribution is 0.426. The van der Waals surface area contributed by atoms with Crippen LogP contribution in [-0.2, 0) is 4.74 Å². The smallest absolute Gasteiger partial charge is 0.0908 e. The summed E-state index contributed by atoms with van der Waals surface area (Å²) < 4.78 is 5.01. The van der Waals surface area contributed by atoms with Crippen molar-refractivity contribution < 1.29 is 4.74 Å². The molecule has 1 heterocycles. The second-order valence-corrected chi connectivity index (χ2v) is 5.85. The first-order valence-electron chi connectivity index (χ1n) is 2.37. The minimum Gasteiger partial charge on any atom is -0.372 e. The molecule has 0 saturated carbocycles. The monoisotopic (exact) mass is 168 g/mol. The van der Waals surface area contributed by atoms with Gasteiger partial charge in [-0.25, -0.2) is 0 Å². The first kappa shape index (κ1) is 7.12. The summed E-state index contributed by atoms with van der Waals surface area (Å²) in [5, 5.41) is 0. The average molecular weight is 168 g/mol. The molecule has 1 saturated heterocycles. The Bertz CT molecular complexity index is 64.3. The van der Waals surface area contributed by atoms with Crippen molar-refractivity contribution in [1.29, 1.82) is 0 Å². The highest BCUT2D eigenvalue weighted by Crippen LogP contribution is 2.34. The number of hydrogen-bond donors (Lipinski definition) is 0. The van der Waals surface area contributed by atoms with E-state index in [4.69, 9.17) is 4.74 Å². The standard InChI is InChI=1S/C4H8OS3/c1-6-8-7-3-4-2-5-4/h4H,2-3H2,1H3. The van der Waals surface area contributed by atoms with Crippen molar-refractivity contribution in [2.45, 2.75) is 6.10 Å². The van der Waals surface area contributed by atoms with Gasteiger partial charge in [0.25, 0.3) is 0 Å². The second-order valence-electron chi connectivity index (χ2n) is 1.47. The fourth-order valence-electron chi connectivity index (χ4n) is 0.316. The summed E-state index contributed by atoms with van der Waals surface area (Å²) in [7, 11) is 5.50. The molecule has 1 aliphatic rings. The fraction of sp³-hybridized carbons (Fsp3) is 1.00. The van der Waals surface area contributed by atoms with Crippen LogP contribution in [0.25, 0.3) is 0 Å². The van der Waals surface area contributed by atoms with Crippen molar-refractivity contribution in [1.82, 2.24) is 0 Å². The van der Waals surface area contributed by atoms with E-state index in [1.807, 2.05) is 20.6 Å². The van der Waals surface area contributed by atoms with Gasteiger partial charge in [-0.3, -0.25) is 0 Å². The normalized spacial score (nSPS) is 25.9. The van der Waals surface area contributed by atoms with Crippen LogP contribution in [0.15, 0.2) is 0 Å². The molecule has 0 bridgehead atoms. The fourth-order valence-corrected chi connectivity index (χ4v) is 3.09. The van der Waals surface area contributed by atoms with Crippen molar-refractivity contribution in [2.75, 3.05) is 18.6 Å². The summed E-state index contributed by atoms with van der Waals surface area (Å²) in [5.41, 5.74) is 0. The van der Waals surface area contributed by atoms with Crippen LogP contribution in [0.3, 0.4) is 0 Å². The van der Waals surface area contributed by atoms with Gasteiger partial charge in [-0.2, -0.15) is 0 Å². The third-order valence-corrected chi connectivity index (χ3v) is 4.71. The van der Waals surface area contributed by atoms with Gasteiger partial charge in [0.2, 0.25) is 0 Å². The van der Waals surface area contributed by atoms with Crippen molar-refractivity contribution in [3.05, 3.63) is 0 Å². The minimum absolute atomic E-state index is 0.583. The summed E-state index contributed by atoms with van der Waals surface area (Å²) in [6.45, 7) is 0.988. The Morgan fingerprint density at radius 3 is 3.00 bits per heavy atom. The molecule has 8 heavy (non-hydrogen) atoms. The first-order chi connectivity index (χ1) is 3.93. The Morgan fingerprint density at radius 2 is 2.50 bits per heavy atom. The Balaban J connectivity index is 1.74. The molecule has 0 aliphatic carbocycles. The van der Waals surface area contributed by atoms with Gasteiger partial charge in [0.15, 0.2) is 0 Å². The van der Waals surface area contributed by atoms with E-state index >= 15 is 0 Å². The predicted octanol–water partition coefficient (Wildman–Crippen LogP) is 2.04.